The van der Waals surface area contributed by atoms with Crippen LogP contribution in [0.1, 0.15) is 12.0 Å². The van der Waals surface area contributed by atoms with Crippen molar-refractivity contribution >= 4 is 40.0 Å². The highest BCUT2D eigenvalue weighted by molar-refractivity contribution is 6.33. The van der Waals surface area contributed by atoms with Crippen molar-refractivity contribution in [3.63, 3.8) is 0 Å². The number of aromatic nitrogens is 1. The number of halogens is 1. The predicted octanol–water partition coefficient (Wildman–Crippen LogP) is 4.20. The summed E-state index contributed by atoms with van der Waals surface area (Å²) in [6.07, 6.45) is 0.268. The van der Waals surface area contributed by atoms with Crippen LogP contribution in [-0.2, 0) is 11.3 Å². The number of anilines is 2. The molecule has 3 rings (SSSR count). The van der Waals surface area contributed by atoms with E-state index in [0.29, 0.717) is 25.2 Å². The van der Waals surface area contributed by atoms with Gasteiger partial charge < -0.3 is 21.1 Å². The molecule has 7 heteroatoms. The van der Waals surface area contributed by atoms with Gasteiger partial charge in [0.2, 0.25) is 0 Å². The van der Waals surface area contributed by atoms with Gasteiger partial charge in [-0.05, 0) is 18.1 Å². The van der Waals surface area contributed by atoms with E-state index in [9.17, 15) is 4.79 Å². The van der Waals surface area contributed by atoms with E-state index in [-0.39, 0.29) is 11.8 Å². The molecule has 0 saturated heterocycles. The lowest BCUT2D eigenvalue weighted by atomic mass is 10.1. The summed E-state index contributed by atoms with van der Waals surface area (Å²) in [6.45, 7) is 1.35. The minimum Gasteiger partial charge on any atom is -0.445 e. The Balaban J connectivity index is 1.45. The average molecular weight is 385 g/mol. The highest BCUT2D eigenvalue weighted by atomic mass is 35.5. The molecule has 0 saturated carbocycles. The lowest BCUT2D eigenvalue weighted by Gasteiger charge is -2.13. The number of fused-ring (bicyclic) bond motifs is 1. The molecule has 6 nitrogen and oxygen atoms in total. The first-order valence-electron chi connectivity index (χ1n) is 8.67. The van der Waals surface area contributed by atoms with Gasteiger partial charge in [-0.3, -0.25) is 0 Å². The van der Waals surface area contributed by atoms with Gasteiger partial charge in [0.25, 0.3) is 0 Å². The van der Waals surface area contributed by atoms with Crippen LogP contribution in [0.2, 0.25) is 5.15 Å². The highest BCUT2D eigenvalue weighted by Gasteiger charge is 2.10. The van der Waals surface area contributed by atoms with Gasteiger partial charge in [-0.25, -0.2) is 9.78 Å². The zero-order valence-electron chi connectivity index (χ0n) is 14.7. The van der Waals surface area contributed by atoms with E-state index in [1.54, 1.807) is 0 Å². The molecule has 0 aliphatic rings. The van der Waals surface area contributed by atoms with Gasteiger partial charge in [0.15, 0.2) is 5.15 Å². The normalized spacial score (nSPS) is 10.6. The van der Waals surface area contributed by atoms with Gasteiger partial charge in [-0.15, -0.1) is 0 Å². The number of amides is 1. The predicted molar refractivity (Wildman–Crippen MR) is 109 cm³/mol. The van der Waals surface area contributed by atoms with Gasteiger partial charge in [0.05, 0.1) is 16.9 Å². The maximum absolute atomic E-state index is 11.7. The molecule has 0 aliphatic carbocycles. The highest BCUT2D eigenvalue weighted by Crippen LogP contribution is 2.33. The number of para-hydroxylation sites is 1. The van der Waals surface area contributed by atoms with Crippen LogP contribution in [0.3, 0.4) is 0 Å². The maximum atomic E-state index is 11.7. The van der Waals surface area contributed by atoms with E-state index in [4.69, 9.17) is 22.1 Å². The van der Waals surface area contributed by atoms with E-state index >= 15 is 0 Å². The standard InChI is InChI=1S/C20H21ClN4O2/c21-19-17(22)18(15-9-4-5-10-16(15)25-19)23-11-6-12-24-20(26)27-13-14-7-2-1-3-8-14/h1-5,7-10H,6,11-13,22H2,(H,23,25)(H,24,26). The molecule has 0 aliphatic heterocycles. The van der Waals surface area contributed by atoms with Crippen LogP contribution in [-0.4, -0.2) is 24.2 Å². The number of pyridine rings is 1. The first-order chi connectivity index (χ1) is 13.1. The van der Waals surface area contributed by atoms with Gasteiger partial charge >= 0.3 is 6.09 Å². The van der Waals surface area contributed by atoms with E-state index in [1.165, 1.54) is 0 Å². The number of nitrogen functional groups attached to an aromatic ring is 1. The number of hydrogen-bond donors (Lipinski definition) is 3. The summed E-state index contributed by atoms with van der Waals surface area (Å²) in [5.74, 6) is 0. The molecule has 3 aromatic rings. The van der Waals surface area contributed by atoms with Crippen LogP contribution in [0.25, 0.3) is 10.9 Å². The molecule has 140 valence electrons. The molecule has 0 spiro atoms. The van der Waals surface area contributed by atoms with Crippen molar-refractivity contribution in [2.45, 2.75) is 13.0 Å². The largest absolute Gasteiger partial charge is 0.445 e. The van der Waals surface area contributed by atoms with E-state index in [2.05, 4.69) is 15.6 Å². The average Bonchev–Trinajstić information content (AvgIpc) is 2.69. The van der Waals surface area contributed by atoms with Gasteiger partial charge in [0, 0.05) is 18.5 Å². The molecule has 0 fully saturated rings. The fourth-order valence-electron chi connectivity index (χ4n) is 2.65. The first kappa shape index (κ1) is 18.8. The Morgan fingerprint density at radius 1 is 1.07 bits per heavy atom. The molecule has 1 heterocycles. The third kappa shape index (κ3) is 5.01. The van der Waals surface area contributed by atoms with Crippen LogP contribution < -0.4 is 16.4 Å². The zero-order chi connectivity index (χ0) is 19.1. The van der Waals surface area contributed by atoms with Crippen molar-refractivity contribution in [2.75, 3.05) is 24.1 Å². The van der Waals surface area contributed by atoms with Crippen molar-refractivity contribution in [1.29, 1.82) is 0 Å². The van der Waals surface area contributed by atoms with Gasteiger partial charge in [-0.2, -0.15) is 0 Å². The number of ether oxygens (including phenoxy) is 1. The fraction of sp³-hybridized carbons (Fsp3) is 0.200. The summed E-state index contributed by atoms with van der Waals surface area (Å²) in [6, 6.07) is 17.2. The molecule has 0 unspecified atom stereocenters. The lowest BCUT2D eigenvalue weighted by molar-refractivity contribution is 0.139. The summed E-state index contributed by atoms with van der Waals surface area (Å²) in [4.78, 5) is 16.0. The number of nitrogens with two attached hydrogens (primary N) is 1. The van der Waals surface area contributed by atoms with Crippen LogP contribution in [0, 0.1) is 0 Å². The molecule has 2 aromatic carbocycles. The smallest absolute Gasteiger partial charge is 0.407 e. The molecular formula is C20H21ClN4O2. The lowest BCUT2D eigenvalue weighted by Crippen LogP contribution is -2.26. The molecule has 0 bridgehead atoms. The fourth-order valence-corrected chi connectivity index (χ4v) is 2.84. The van der Waals surface area contributed by atoms with Crippen molar-refractivity contribution in [1.82, 2.24) is 10.3 Å². The zero-order valence-corrected chi connectivity index (χ0v) is 15.5. The van der Waals surface area contributed by atoms with Crippen molar-refractivity contribution in [2.24, 2.45) is 0 Å². The molecule has 1 amide bonds. The van der Waals surface area contributed by atoms with Crippen molar-refractivity contribution in [3.05, 3.63) is 65.3 Å². The summed E-state index contributed by atoms with van der Waals surface area (Å²) in [7, 11) is 0. The molecular weight excluding hydrogens is 364 g/mol. The Morgan fingerprint density at radius 3 is 2.63 bits per heavy atom. The SMILES string of the molecule is Nc1c(Cl)nc2ccccc2c1NCCCNC(=O)OCc1ccccc1. The monoisotopic (exact) mass is 384 g/mol. The Morgan fingerprint density at radius 2 is 1.81 bits per heavy atom. The Kier molecular flexibility index (Phi) is 6.33. The quantitative estimate of drug-likeness (QED) is 0.419. The second-order valence-corrected chi connectivity index (χ2v) is 6.34. The van der Waals surface area contributed by atoms with Crippen molar-refractivity contribution in [3.8, 4) is 0 Å². The van der Waals surface area contributed by atoms with Crippen LogP contribution >= 0.6 is 11.6 Å². The summed E-state index contributed by atoms with van der Waals surface area (Å²) >= 11 is 6.11. The van der Waals surface area contributed by atoms with Gasteiger partial charge in [0.1, 0.15) is 6.61 Å². The molecule has 0 atom stereocenters. The number of nitrogens with zero attached hydrogens (tertiary/aromatic N) is 1. The van der Waals surface area contributed by atoms with Crippen LogP contribution in [0.5, 0.6) is 0 Å². The van der Waals surface area contributed by atoms with Gasteiger partial charge in [-0.1, -0.05) is 60.1 Å². The molecule has 1 aromatic heterocycles. The minimum atomic E-state index is -0.434. The molecule has 0 radical (unpaired) electrons. The molecule has 4 N–H and O–H groups in total. The van der Waals surface area contributed by atoms with E-state index in [0.717, 1.165) is 22.2 Å². The number of alkyl carbamates (subject to hydrolysis) is 1. The summed E-state index contributed by atoms with van der Waals surface area (Å²) in [5.41, 5.74) is 8.97. The third-order valence-corrected chi connectivity index (χ3v) is 4.31. The van der Waals surface area contributed by atoms with Crippen LogP contribution in [0.15, 0.2) is 54.6 Å². The Labute approximate surface area is 162 Å². The third-order valence-electron chi connectivity index (χ3n) is 4.02. The van der Waals surface area contributed by atoms with E-state index in [1.807, 2.05) is 54.6 Å². The van der Waals surface area contributed by atoms with Crippen LogP contribution in [0.4, 0.5) is 16.2 Å². The van der Waals surface area contributed by atoms with Crippen molar-refractivity contribution < 1.29 is 9.53 Å². The summed E-state index contributed by atoms with van der Waals surface area (Å²) in [5, 5.41) is 7.21. The number of carbonyl (C=O) groups excluding carboxylic acids is 1. The second kappa shape index (κ2) is 9.09. The number of rotatable bonds is 7. The minimum absolute atomic E-state index is 0.253. The number of hydrogen-bond acceptors (Lipinski definition) is 5. The molecule has 27 heavy (non-hydrogen) atoms. The summed E-state index contributed by atoms with van der Waals surface area (Å²) < 4.78 is 5.17. The number of benzene rings is 2. The maximum Gasteiger partial charge on any atom is 0.407 e. The Hall–Kier alpha value is -2.99. The number of carbonyl (C=O) groups is 1. The Bertz CT molecular complexity index is 919. The topological polar surface area (TPSA) is 89.3 Å². The first-order valence-corrected chi connectivity index (χ1v) is 9.05. The van der Waals surface area contributed by atoms with E-state index < -0.39 is 6.09 Å². The second-order valence-electron chi connectivity index (χ2n) is 5.98. The number of nitrogens with one attached hydrogen (secondary N) is 2.